The van der Waals surface area contributed by atoms with E-state index < -0.39 is 58.9 Å². The maximum atomic E-state index is 14.7. The van der Waals surface area contributed by atoms with Crippen molar-refractivity contribution in [1.29, 1.82) is 0 Å². The lowest BCUT2D eigenvalue weighted by atomic mass is 9.77. The van der Waals surface area contributed by atoms with Crippen LogP contribution in [0.2, 0.25) is 0 Å². The van der Waals surface area contributed by atoms with Gasteiger partial charge in [-0.3, -0.25) is 14.6 Å². The zero-order valence-corrected chi connectivity index (χ0v) is 19.5. The van der Waals surface area contributed by atoms with Crippen LogP contribution in [0, 0.1) is 17.6 Å². The summed E-state index contributed by atoms with van der Waals surface area (Å²) >= 11 is 0. The van der Waals surface area contributed by atoms with Crippen molar-refractivity contribution in [3.63, 3.8) is 0 Å². The number of anilines is 1. The summed E-state index contributed by atoms with van der Waals surface area (Å²) in [6, 6.07) is 4.22. The third-order valence-corrected chi connectivity index (χ3v) is 6.18. The molecule has 1 aliphatic heterocycles. The Morgan fingerprint density at radius 1 is 1.22 bits per heavy atom. The number of methoxy groups -OCH3 is 1. The molecule has 1 aromatic heterocycles. The summed E-state index contributed by atoms with van der Waals surface area (Å²) in [6.07, 6.45) is -5.54. The predicted molar refractivity (Wildman–Crippen MR) is 116 cm³/mol. The van der Waals surface area contributed by atoms with E-state index in [0.29, 0.717) is 0 Å². The Balaban J connectivity index is 2.07. The number of carbonyl (C=O) groups excluding carboxylic acids is 2. The molecule has 0 bridgehead atoms. The minimum atomic E-state index is -4.91. The molecule has 2 aromatic rings. The highest BCUT2D eigenvalue weighted by Crippen LogP contribution is 2.55. The minimum absolute atomic E-state index is 0.0134. The van der Waals surface area contributed by atoms with Crippen LogP contribution in [0.15, 0.2) is 30.5 Å². The number of benzene rings is 1. The van der Waals surface area contributed by atoms with Gasteiger partial charge < -0.3 is 25.3 Å². The highest BCUT2D eigenvalue weighted by atomic mass is 19.4. The second-order valence-corrected chi connectivity index (χ2v) is 8.36. The van der Waals surface area contributed by atoms with Crippen LogP contribution in [0.1, 0.15) is 35.8 Å². The van der Waals surface area contributed by atoms with Crippen molar-refractivity contribution in [3.05, 3.63) is 53.4 Å². The molecule has 3 N–H and O–H groups in total. The molecule has 1 aliphatic rings. The van der Waals surface area contributed by atoms with Crippen LogP contribution < -0.4 is 15.8 Å². The van der Waals surface area contributed by atoms with Gasteiger partial charge in [0.2, 0.25) is 5.82 Å². The number of hydrogen-bond acceptors (Lipinski definition) is 6. The average Bonchev–Trinajstić information content (AvgIpc) is 3.09. The Kier molecular flexibility index (Phi) is 7.84. The number of pyridine rings is 1. The fourth-order valence-electron chi connectivity index (χ4n) is 4.06. The van der Waals surface area contributed by atoms with Crippen molar-refractivity contribution in [3.8, 4) is 5.75 Å². The summed E-state index contributed by atoms with van der Waals surface area (Å²) in [5.41, 5.74) is 2.00. The van der Waals surface area contributed by atoms with E-state index in [1.807, 2.05) is 0 Å². The fourth-order valence-corrected chi connectivity index (χ4v) is 4.06. The first-order chi connectivity index (χ1) is 16.8. The Hall–Kier alpha value is -3.32. The number of nitrogens with two attached hydrogens (primary N) is 1. The van der Waals surface area contributed by atoms with Gasteiger partial charge in [-0.25, -0.2) is 4.39 Å². The number of aromatic nitrogens is 1. The number of alkyl halides is 3. The summed E-state index contributed by atoms with van der Waals surface area (Å²) in [5, 5.41) is 2.38. The molecule has 1 saturated heterocycles. The second kappa shape index (κ2) is 10.3. The van der Waals surface area contributed by atoms with E-state index in [0.717, 1.165) is 25.1 Å². The van der Waals surface area contributed by atoms with Gasteiger partial charge >= 0.3 is 6.18 Å². The van der Waals surface area contributed by atoms with E-state index in [4.69, 9.17) is 19.9 Å². The number of ether oxygens (including phenoxy) is 3. The van der Waals surface area contributed by atoms with Crippen LogP contribution >= 0.6 is 0 Å². The van der Waals surface area contributed by atoms with Gasteiger partial charge in [0.25, 0.3) is 11.8 Å². The number of nitrogens with zero attached hydrogens (tertiary/aromatic N) is 1. The first kappa shape index (κ1) is 27.3. The van der Waals surface area contributed by atoms with E-state index in [1.54, 1.807) is 0 Å². The van der Waals surface area contributed by atoms with Crippen molar-refractivity contribution in [1.82, 2.24) is 4.98 Å². The van der Waals surface area contributed by atoms with Gasteiger partial charge in [-0.15, -0.1) is 0 Å². The number of carbonyl (C=O) groups is 2. The monoisotopic (exact) mass is 517 g/mol. The Bertz CT molecular complexity index is 1150. The van der Waals surface area contributed by atoms with Gasteiger partial charge in [0.1, 0.15) is 18.4 Å². The van der Waals surface area contributed by atoms with Crippen molar-refractivity contribution in [2.24, 2.45) is 11.7 Å². The van der Waals surface area contributed by atoms with E-state index >= 15 is 0 Å². The van der Waals surface area contributed by atoms with Crippen LogP contribution in [-0.2, 0) is 14.3 Å². The van der Waals surface area contributed by atoms with Crippen molar-refractivity contribution in [2.75, 3.05) is 25.6 Å². The molecule has 13 heteroatoms. The average molecular weight is 517 g/mol. The van der Waals surface area contributed by atoms with Gasteiger partial charge in [-0.1, -0.05) is 13.0 Å². The van der Waals surface area contributed by atoms with Crippen LogP contribution in [0.25, 0.3) is 0 Å². The quantitative estimate of drug-likeness (QED) is 0.409. The zero-order chi connectivity index (χ0) is 26.8. The Morgan fingerprint density at radius 2 is 1.92 bits per heavy atom. The summed E-state index contributed by atoms with van der Waals surface area (Å²) in [6.45, 7) is 1.73. The van der Waals surface area contributed by atoms with E-state index in [2.05, 4.69) is 10.3 Å². The lowest BCUT2D eigenvalue weighted by molar-refractivity contribution is -0.272. The predicted octanol–water partition coefficient (Wildman–Crippen LogP) is 3.56. The molecule has 1 aromatic carbocycles. The number of hydrogen-bond donors (Lipinski definition) is 2. The van der Waals surface area contributed by atoms with E-state index in [-0.39, 0.29) is 30.2 Å². The second-order valence-electron chi connectivity index (χ2n) is 8.36. The number of rotatable bonds is 8. The Morgan fingerprint density at radius 3 is 2.53 bits per heavy atom. The standard InChI is InChI=1S/C23H24F5N3O5/c1-11-16(13-4-5-14(24)17(25)18(13)35-9-8-34-3)19(36-22(11,2)23(26,27)28)21(33)31-12-6-7-30-15(10-12)20(29)32/h4-7,10-11,16,19H,8-9H2,1-3H3,(H2,29,32)(H,30,31,33)/t11-,16-,19?,22+/m1/s1. The lowest BCUT2D eigenvalue weighted by Gasteiger charge is -2.32. The summed E-state index contributed by atoms with van der Waals surface area (Å²) in [5.74, 6) is -8.09. The molecule has 8 nitrogen and oxygen atoms in total. The van der Waals surface area contributed by atoms with Crippen molar-refractivity contribution >= 4 is 17.5 Å². The van der Waals surface area contributed by atoms with Gasteiger partial charge in [-0.2, -0.15) is 17.6 Å². The number of nitrogens with one attached hydrogen (secondary N) is 1. The molecule has 36 heavy (non-hydrogen) atoms. The van der Waals surface area contributed by atoms with Crippen LogP contribution in [-0.4, -0.2) is 55.0 Å². The van der Waals surface area contributed by atoms with Gasteiger partial charge in [-0.05, 0) is 25.1 Å². The number of primary amides is 1. The molecule has 0 aliphatic carbocycles. The first-order valence-electron chi connectivity index (χ1n) is 10.7. The van der Waals surface area contributed by atoms with Crippen LogP contribution in [0.3, 0.4) is 0 Å². The molecule has 4 atom stereocenters. The normalized spacial score (nSPS) is 23.9. The maximum absolute atomic E-state index is 14.7. The van der Waals surface area contributed by atoms with Crippen molar-refractivity contribution < 1.29 is 45.8 Å². The van der Waals surface area contributed by atoms with Crippen LogP contribution in [0.4, 0.5) is 27.6 Å². The zero-order valence-electron chi connectivity index (χ0n) is 19.5. The molecule has 1 fully saturated rings. The lowest BCUT2D eigenvalue weighted by Crippen LogP contribution is -2.47. The molecule has 3 rings (SSSR count). The van der Waals surface area contributed by atoms with Crippen molar-refractivity contribution in [2.45, 2.75) is 37.6 Å². The molecule has 1 unspecified atom stereocenters. The van der Waals surface area contributed by atoms with Gasteiger partial charge in [0.15, 0.2) is 17.2 Å². The largest absolute Gasteiger partial charge is 0.488 e. The fraction of sp³-hybridized carbons (Fsp3) is 0.435. The first-order valence-corrected chi connectivity index (χ1v) is 10.7. The summed E-state index contributed by atoms with van der Waals surface area (Å²) < 4.78 is 86.5. The molecule has 2 amide bonds. The van der Waals surface area contributed by atoms with E-state index in [9.17, 15) is 31.5 Å². The SMILES string of the molecule is COCCOc1c([C@@H]2C(C(=O)Nc3ccnc(C(N)=O)c3)O[C@](C)(C(F)(F)F)[C@@H]2C)ccc(F)c1F. The molecule has 0 saturated carbocycles. The highest BCUT2D eigenvalue weighted by molar-refractivity contribution is 5.97. The molecule has 0 spiro atoms. The topological polar surface area (TPSA) is 113 Å². The van der Waals surface area contributed by atoms with Gasteiger partial charge in [0.05, 0.1) is 6.61 Å². The molecule has 2 heterocycles. The molecular weight excluding hydrogens is 493 g/mol. The number of halogens is 5. The van der Waals surface area contributed by atoms with E-state index in [1.165, 1.54) is 26.3 Å². The van der Waals surface area contributed by atoms with Gasteiger partial charge in [0, 0.05) is 36.4 Å². The third kappa shape index (κ3) is 5.12. The molecular formula is C23H24F5N3O5. The molecule has 196 valence electrons. The summed E-state index contributed by atoms with van der Waals surface area (Å²) in [4.78, 5) is 28.3. The third-order valence-electron chi connectivity index (χ3n) is 6.18. The number of amides is 2. The highest BCUT2D eigenvalue weighted by Gasteiger charge is 2.65. The van der Waals surface area contributed by atoms with Crippen LogP contribution in [0.5, 0.6) is 5.75 Å². The Labute approximate surface area is 202 Å². The molecule has 0 radical (unpaired) electrons. The summed E-state index contributed by atoms with van der Waals surface area (Å²) in [7, 11) is 1.34. The minimum Gasteiger partial charge on any atom is -0.488 e. The maximum Gasteiger partial charge on any atom is 0.417 e. The smallest absolute Gasteiger partial charge is 0.417 e.